The lowest BCUT2D eigenvalue weighted by Crippen LogP contribution is -2.30. The first kappa shape index (κ1) is 16.0. The molecule has 0 unspecified atom stereocenters. The predicted octanol–water partition coefficient (Wildman–Crippen LogP) is 1.33. The van der Waals surface area contributed by atoms with Gasteiger partial charge in [0.1, 0.15) is 12.4 Å². The highest BCUT2D eigenvalue weighted by molar-refractivity contribution is 7.09. The zero-order chi connectivity index (χ0) is 15.1. The molecule has 1 aromatic carbocycles. The summed E-state index contributed by atoms with van der Waals surface area (Å²) in [5, 5.41) is 20.4. The van der Waals surface area contributed by atoms with Crippen molar-refractivity contribution in [2.45, 2.75) is 13.5 Å². The Bertz CT molecular complexity index is 533. The third-order valence-electron chi connectivity index (χ3n) is 3.24. The van der Waals surface area contributed by atoms with Crippen molar-refractivity contribution in [3.8, 4) is 5.75 Å². The molecule has 2 N–H and O–H groups in total. The maximum Gasteiger partial charge on any atom is 0.488 e. The van der Waals surface area contributed by atoms with Gasteiger partial charge in [-0.05, 0) is 35.6 Å². The second-order valence-corrected chi connectivity index (χ2v) is 5.77. The number of ether oxygens (including phenoxy) is 1. The Morgan fingerprint density at radius 2 is 2.10 bits per heavy atom. The van der Waals surface area contributed by atoms with Crippen LogP contribution in [-0.4, -0.2) is 41.8 Å². The van der Waals surface area contributed by atoms with Gasteiger partial charge in [0.25, 0.3) is 0 Å². The van der Waals surface area contributed by atoms with Crippen LogP contribution in [0.5, 0.6) is 5.75 Å². The maximum absolute atomic E-state index is 9.14. The van der Waals surface area contributed by atoms with E-state index in [0.29, 0.717) is 17.8 Å². The molecular formula is C15H20BNO3S. The lowest BCUT2D eigenvalue weighted by atomic mass is 9.80. The summed E-state index contributed by atoms with van der Waals surface area (Å²) in [4.78, 5) is 3.67. The zero-order valence-electron chi connectivity index (χ0n) is 12.1. The van der Waals surface area contributed by atoms with Gasteiger partial charge in [-0.1, -0.05) is 25.1 Å². The summed E-state index contributed by atoms with van der Waals surface area (Å²) >= 11 is 1.76. The Hall–Kier alpha value is -1.34. The highest BCUT2D eigenvalue weighted by Crippen LogP contribution is 2.12. The average Bonchev–Trinajstić information content (AvgIpc) is 2.99. The molecule has 0 amide bonds. The van der Waals surface area contributed by atoms with Crippen LogP contribution in [0.4, 0.5) is 0 Å². The summed E-state index contributed by atoms with van der Waals surface area (Å²) in [5.74, 6) is 0.660. The van der Waals surface area contributed by atoms with Crippen molar-refractivity contribution in [2.75, 3.05) is 19.7 Å². The number of hydrogen-bond acceptors (Lipinski definition) is 5. The molecule has 2 aromatic rings. The molecule has 1 aromatic heterocycles. The van der Waals surface area contributed by atoms with Gasteiger partial charge in [0.05, 0.1) is 0 Å². The van der Waals surface area contributed by atoms with E-state index in [-0.39, 0.29) is 0 Å². The molecule has 2 rings (SSSR count). The molecule has 0 aliphatic heterocycles. The monoisotopic (exact) mass is 305 g/mol. The number of likely N-dealkylation sites (N-methyl/N-ethyl adjacent to an activating group) is 1. The summed E-state index contributed by atoms with van der Waals surface area (Å²) in [6.07, 6.45) is 0. The van der Waals surface area contributed by atoms with Crippen molar-refractivity contribution >= 4 is 23.9 Å². The molecule has 21 heavy (non-hydrogen) atoms. The molecule has 0 saturated carbocycles. The number of thiophene rings is 1. The fourth-order valence-corrected chi connectivity index (χ4v) is 2.78. The van der Waals surface area contributed by atoms with Crippen LogP contribution < -0.4 is 10.2 Å². The topological polar surface area (TPSA) is 52.9 Å². The van der Waals surface area contributed by atoms with Crippen molar-refractivity contribution in [2.24, 2.45) is 0 Å². The fourth-order valence-electron chi connectivity index (χ4n) is 2.03. The highest BCUT2D eigenvalue weighted by Gasteiger charge is 2.11. The van der Waals surface area contributed by atoms with Gasteiger partial charge in [0, 0.05) is 18.0 Å². The molecule has 0 atom stereocenters. The number of hydrogen-bond donors (Lipinski definition) is 2. The van der Waals surface area contributed by atoms with Crippen LogP contribution in [0.3, 0.4) is 0 Å². The van der Waals surface area contributed by atoms with Crippen LogP contribution in [0.1, 0.15) is 11.8 Å². The van der Waals surface area contributed by atoms with E-state index >= 15 is 0 Å². The Morgan fingerprint density at radius 1 is 1.24 bits per heavy atom. The van der Waals surface area contributed by atoms with Gasteiger partial charge >= 0.3 is 7.12 Å². The van der Waals surface area contributed by atoms with Crippen LogP contribution in [0, 0.1) is 0 Å². The number of nitrogens with zero attached hydrogens (tertiary/aromatic N) is 1. The first-order chi connectivity index (χ1) is 10.2. The van der Waals surface area contributed by atoms with Gasteiger partial charge in [0.15, 0.2) is 0 Å². The van der Waals surface area contributed by atoms with E-state index in [9.17, 15) is 0 Å². The van der Waals surface area contributed by atoms with Gasteiger partial charge in [0.2, 0.25) is 0 Å². The van der Waals surface area contributed by atoms with E-state index in [1.807, 2.05) is 6.07 Å². The van der Waals surface area contributed by atoms with E-state index in [0.717, 1.165) is 19.6 Å². The largest absolute Gasteiger partial charge is 0.492 e. The minimum Gasteiger partial charge on any atom is -0.492 e. The molecule has 4 nitrogen and oxygen atoms in total. The van der Waals surface area contributed by atoms with Crippen LogP contribution in [-0.2, 0) is 6.54 Å². The second kappa shape index (κ2) is 8.19. The Labute approximate surface area is 129 Å². The molecule has 0 fully saturated rings. The first-order valence-electron chi connectivity index (χ1n) is 7.02. The smallest absolute Gasteiger partial charge is 0.488 e. The lowest BCUT2D eigenvalue weighted by molar-refractivity contribution is 0.211. The molecular weight excluding hydrogens is 285 g/mol. The normalized spacial score (nSPS) is 10.9. The molecule has 0 bridgehead atoms. The third kappa shape index (κ3) is 5.17. The summed E-state index contributed by atoms with van der Waals surface area (Å²) in [7, 11) is -1.46. The molecule has 0 aliphatic carbocycles. The first-order valence-corrected chi connectivity index (χ1v) is 7.90. The van der Waals surface area contributed by atoms with E-state index in [1.165, 1.54) is 4.88 Å². The predicted molar refractivity (Wildman–Crippen MR) is 87.0 cm³/mol. The Morgan fingerprint density at radius 3 is 2.76 bits per heavy atom. The summed E-state index contributed by atoms with van der Waals surface area (Å²) in [5.41, 5.74) is 0.443. The van der Waals surface area contributed by atoms with Gasteiger partial charge in [-0.3, -0.25) is 4.90 Å². The Kier molecular flexibility index (Phi) is 6.26. The molecule has 6 heteroatoms. The van der Waals surface area contributed by atoms with Crippen LogP contribution in [0.15, 0.2) is 41.8 Å². The third-order valence-corrected chi connectivity index (χ3v) is 4.10. The van der Waals surface area contributed by atoms with E-state index in [2.05, 4.69) is 29.3 Å². The van der Waals surface area contributed by atoms with Gasteiger partial charge < -0.3 is 14.8 Å². The molecule has 0 radical (unpaired) electrons. The highest BCUT2D eigenvalue weighted by atomic mass is 32.1. The minimum atomic E-state index is -1.46. The van der Waals surface area contributed by atoms with Crippen LogP contribution in [0.25, 0.3) is 0 Å². The van der Waals surface area contributed by atoms with Crippen molar-refractivity contribution < 1.29 is 14.8 Å². The molecule has 1 heterocycles. The molecule has 112 valence electrons. The fraction of sp³-hybridized carbons (Fsp3) is 0.333. The number of rotatable bonds is 8. The van der Waals surface area contributed by atoms with Crippen molar-refractivity contribution in [1.29, 1.82) is 0 Å². The maximum atomic E-state index is 9.14. The van der Waals surface area contributed by atoms with E-state index < -0.39 is 7.12 Å². The molecule has 0 aliphatic rings. The van der Waals surface area contributed by atoms with Crippen LogP contribution in [0.2, 0.25) is 0 Å². The average molecular weight is 305 g/mol. The van der Waals surface area contributed by atoms with Crippen LogP contribution >= 0.6 is 11.3 Å². The molecule has 0 spiro atoms. The zero-order valence-corrected chi connectivity index (χ0v) is 12.9. The summed E-state index contributed by atoms with van der Waals surface area (Å²) in [6, 6.07) is 11.1. The molecule has 0 saturated heterocycles. The minimum absolute atomic E-state index is 0.443. The van der Waals surface area contributed by atoms with Gasteiger partial charge in [-0.2, -0.15) is 0 Å². The van der Waals surface area contributed by atoms with Crippen molar-refractivity contribution in [3.05, 3.63) is 46.7 Å². The summed E-state index contributed by atoms with van der Waals surface area (Å²) < 4.78 is 5.69. The lowest BCUT2D eigenvalue weighted by Gasteiger charge is -2.19. The standard InChI is InChI=1S/C15H20BNO3S/c1-2-17(12-15-7-4-10-21-15)8-9-20-14-6-3-5-13(11-14)16(18)19/h3-7,10-11,18-19H,2,8-9,12H2,1H3. The van der Waals surface area contributed by atoms with E-state index in [4.69, 9.17) is 14.8 Å². The summed E-state index contributed by atoms with van der Waals surface area (Å²) in [6.45, 7) is 5.45. The number of benzene rings is 1. The van der Waals surface area contributed by atoms with Gasteiger partial charge in [-0.25, -0.2) is 0 Å². The SMILES string of the molecule is CCN(CCOc1cccc(B(O)O)c1)Cc1cccs1. The second-order valence-electron chi connectivity index (χ2n) is 4.74. The quantitative estimate of drug-likeness (QED) is 0.723. The Balaban J connectivity index is 1.81. The van der Waals surface area contributed by atoms with Crippen molar-refractivity contribution in [3.63, 3.8) is 0 Å². The van der Waals surface area contributed by atoms with E-state index in [1.54, 1.807) is 29.5 Å². The van der Waals surface area contributed by atoms with Crippen molar-refractivity contribution in [1.82, 2.24) is 4.90 Å². The van der Waals surface area contributed by atoms with Gasteiger partial charge in [-0.15, -0.1) is 11.3 Å².